The lowest BCUT2D eigenvalue weighted by Gasteiger charge is -2.32. The number of rotatable bonds is 6. The number of hydrogen-bond donors (Lipinski definition) is 0. The summed E-state index contributed by atoms with van der Waals surface area (Å²) in [5, 5.41) is 0.528. The number of esters is 1. The molecule has 0 aliphatic carbocycles. The van der Waals surface area contributed by atoms with Crippen molar-refractivity contribution in [3.05, 3.63) is 41.1 Å². The number of hydrogen-bond acceptors (Lipinski definition) is 5. The van der Waals surface area contributed by atoms with E-state index in [1.165, 1.54) is 11.8 Å². The summed E-state index contributed by atoms with van der Waals surface area (Å²) in [6, 6.07) is 7.96. The van der Waals surface area contributed by atoms with Crippen LogP contribution in [0.2, 0.25) is 0 Å². The first-order valence-electron chi connectivity index (χ1n) is 9.41. The number of carbonyl (C=O) groups is 2. The molecule has 8 heteroatoms. The molecule has 1 aliphatic rings. The van der Waals surface area contributed by atoms with Crippen LogP contribution in [0.5, 0.6) is 0 Å². The number of nitrogens with zero attached hydrogens (tertiary/aromatic N) is 3. The van der Waals surface area contributed by atoms with E-state index >= 15 is 0 Å². The number of amides is 1. The molecule has 0 N–H and O–H groups in total. The van der Waals surface area contributed by atoms with Crippen LogP contribution in [-0.2, 0) is 14.3 Å². The fraction of sp³-hybridized carbons (Fsp3) is 0.450. The molecule has 28 heavy (non-hydrogen) atoms. The largest absolute Gasteiger partial charge is 0.466 e. The zero-order valence-electron chi connectivity index (χ0n) is 16.0. The second-order valence-corrected chi connectivity index (χ2v) is 8.89. The smallest absolute Gasteiger partial charge is 0.309 e. The Bertz CT molecular complexity index is 816. The van der Waals surface area contributed by atoms with Crippen LogP contribution in [0.15, 0.2) is 46.3 Å². The Morgan fingerprint density at radius 1 is 1.29 bits per heavy atom. The topological polar surface area (TPSA) is 64.4 Å². The molecule has 0 saturated carbocycles. The Morgan fingerprint density at radius 3 is 2.61 bits per heavy atom. The lowest BCUT2D eigenvalue weighted by atomic mass is 9.97. The predicted molar refractivity (Wildman–Crippen MR) is 113 cm³/mol. The molecule has 150 valence electrons. The van der Waals surface area contributed by atoms with Gasteiger partial charge in [-0.3, -0.25) is 14.2 Å². The van der Waals surface area contributed by atoms with Crippen molar-refractivity contribution in [3.63, 3.8) is 0 Å². The lowest BCUT2D eigenvalue weighted by Crippen LogP contribution is -2.43. The van der Waals surface area contributed by atoms with Gasteiger partial charge in [-0.25, -0.2) is 4.98 Å². The van der Waals surface area contributed by atoms with Crippen LogP contribution in [0.25, 0.3) is 5.69 Å². The van der Waals surface area contributed by atoms with Crippen LogP contribution < -0.4 is 0 Å². The first kappa shape index (κ1) is 20.9. The van der Waals surface area contributed by atoms with Crippen LogP contribution in [0.3, 0.4) is 0 Å². The molecular formula is C20H24BrN3O3S. The molecule has 1 unspecified atom stereocenters. The molecule has 1 fully saturated rings. The second kappa shape index (κ2) is 9.60. The van der Waals surface area contributed by atoms with E-state index in [1.807, 2.05) is 53.8 Å². The van der Waals surface area contributed by atoms with Crippen molar-refractivity contribution in [2.24, 2.45) is 5.92 Å². The Balaban J connectivity index is 1.59. The summed E-state index contributed by atoms with van der Waals surface area (Å²) in [4.78, 5) is 31.0. The lowest BCUT2D eigenvalue weighted by molar-refractivity contribution is -0.151. The third-order valence-corrected chi connectivity index (χ3v) is 6.36. The summed E-state index contributed by atoms with van der Waals surface area (Å²) >= 11 is 4.89. The molecule has 1 atom stereocenters. The third kappa shape index (κ3) is 4.97. The van der Waals surface area contributed by atoms with Gasteiger partial charge < -0.3 is 9.64 Å². The number of carbonyl (C=O) groups excluding carboxylic acids is 2. The van der Waals surface area contributed by atoms with Crippen molar-refractivity contribution in [2.45, 2.75) is 37.1 Å². The van der Waals surface area contributed by atoms with Crippen molar-refractivity contribution in [2.75, 3.05) is 19.7 Å². The quantitative estimate of drug-likeness (QED) is 0.477. The van der Waals surface area contributed by atoms with E-state index in [0.717, 1.165) is 15.3 Å². The molecule has 1 aromatic heterocycles. The summed E-state index contributed by atoms with van der Waals surface area (Å²) < 4.78 is 8.09. The molecule has 2 heterocycles. The van der Waals surface area contributed by atoms with Gasteiger partial charge in [0.05, 0.1) is 17.8 Å². The highest BCUT2D eigenvalue weighted by Crippen LogP contribution is 2.28. The molecule has 3 rings (SSSR count). The Hall–Kier alpha value is -1.80. The molecule has 0 bridgehead atoms. The van der Waals surface area contributed by atoms with E-state index in [2.05, 4.69) is 20.9 Å². The van der Waals surface area contributed by atoms with Crippen molar-refractivity contribution in [1.82, 2.24) is 14.5 Å². The maximum absolute atomic E-state index is 12.9. The van der Waals surface area contributed by atoms with Gasteiger partial charge in [-0.1, -0.05) is 27.7 Å². The fourth-order valence-corrected chi connectivity index (χ4v) is 4.47. The molecule has 1 aromatic carbocycles. The van der Waals surface area contributed by atoms with Gasteiger partial charge in [-0.15, -0.1) is 0 Å². The van der Waals surface area contributed by atoms with Gasteiger partial charge in [0.15, 0.2) is 5.16 Å². The summed E-state index contributed by atoms with van der Waals surface area (Å²) in [5.41, 5.74) is 0.998. The minimum absolute atomic E-state index is 0.0812. The molecule has 2 aromatic rings. The zero-order chi connectivity index (χ0) is 20.1. The summed E-state index contributed by atoms with van der Waals surface area (Å²) in [7, 11) is 0. The molecular weight excluding hydrogens is 442 g/mol. The number of imidazole rings is 1. The third-order valence-electron chi connectivity index (χ3n) is 4.77. The van der Waals surface area contributed by atoms with E-state index < -0.39 is 0 Å². The highest BCUT2D eigenvalue weighted by molar-refractivity contribution is 9.10. The number of halogens is 1. The number of ether oxygens (including phenoxy) is 1. The SMILES string of the molecule is CCOC(=O)C1CCN(C(=O)C(C)Sc2nccn2-c2ccc(Br)cc2)CC1. The van der Waals surface area contributed by atoms with Gasteiger partial charge in [0.25, 0.3) is 0 Å². The maximum atomic E-state index is 12.9. The van der Waals surface area contributed by atoms with E-state index in [0.29, 0.717) is 32.5 Å². The Labute approximate surface area is 177 Å². The van der Waals surface area contributed by atoms with Gasteiger partial charge in [0, 0.05) is 35.6 Å². The molecule has 1 saturated heterocycles. The van der Waals surface area contributed by atoms with Crippen LogP contribution in [0.1, 0.15) is 26.7 Å². The van der Waals surface area contributed by atoms with E-state index in [4.69, 9.17) is 4.74 Å². The van der Waals surface area contributed by atoms with Gasteiger partial charge >= 0.3 is 5.97 Å². The van der Waals surface area contributed by atoms with E-state index in [1.54, 1.807) is 6.20 Å². The number of likely N-dealkylation sites (tertiary alicyclic amines) is 1. The average Bonchev–Trinajstić information content (AvgIpc) is 3.16. The second-order valence-electron chi connectivity index (χ2n) is 6.67. The molecule has 1 amide bonds. The highest BCUT2D eigenvalue weighted by atomic mass is 79.9. The van der Waals surface area contributed by atoms with Crippen molar-refractivity contribution < 1.29 is 14.3 Å². The van der Waals surface area contributed by atoms with Crippen molar-refractivity contribution in [1.29, 1.82) is 0 Å². The zero-order valence-corrected chi connectivity index (χ0v) is 18.4. The predicted octanol–water partition coefficient (Wildman–Crippen LogP) is 3.92. The van der Waals surface area contributed by atoms with Gasteiger partial charge in [-0.05, 0) is 51.0 Å². The molecule has 0 radical (unpaired) electrons. The monoisotopic (exact) mass is 465 g/mol. The summed E-state index contributed by atoms with van der Waals surface area (Å²) in [6.45, 7) is 5.30. The standard InChI is InChI=1S/C20H24BrN3O3S/c1-3-27-19(26)15-8-11-23(12-9-15)18(25)14(2)28-20-22-10-13-24(20)17-6-4-16(21)5-7-17/h4-7,10,13-15H,3,8-9,11-12H2,1-2H3. The average molecular weight is 466 g/mol. The number of thioether (sulfide) groups is 1. The van der Waals surface area contributed by atoms with Crippen LogP contribution in [-0.4, -0.2) is 51.3 Å². The number of aromatic nitrogens is 2. The number of benzene rings is 1. The first-order chi connectivity index (χ1) is 13.5. The Morgan fingerprint density at radius 2 is 1.96 bits per heavy atom. The van der Waals surface area contributed by atoms with Crippen molar-refractivity contribution in [3.8, 4) is 5.69 Å². The van der Waals surface area contributed by atoms with Gasteiger partial charge in [0.2, 0.25) is 5.91 Å². The molecule has 1 aliphatic heterocycles. The minimum atomic E-state index is -0.254. The summed E-state index contributed by atoms with van der Waals surface area (Å²) in [5.74, 6) is -0.158. The van der Waals surface area contributed by atoms with Crippen LogP contribution in [0.4, 0.5) is 0 Å². The summed E-state index contributed by atoms with van der Waals surface area (Å²) in [6.07, 6.45) is 4.96. The minimum Gasteiger partial charge on any atom is -0.466 e. The Kier molecular flexibility index (Phi) is 7.18. The van der Waals surface area contributed by atoms with Gasteiger partial charge in [0.1, 0.15) is 0 Å². The van der Waals surface area contributed by atoms with Crippen LogP contribution in [0, 0.1) is 5.92 Å². The van der Waals surface area contributed by atoms with Crippen molar-refractivity contribution >= 4 is 39.6 Å². The van der Waals surface area contributed by atoms with Crippen LogP contribution >= 0.6 is 27.7 Å². The fourth-order valence-electron chi connectivity index (χ4n) is 3.24. The van der Waals surface area contributed by atoms with Gasteiger partial charge in [-0.2, -0.15) is 0 Å². The molecule has 0 spiro atoms. The highest BCUT2D eigenvalue weighted by Gasteiger charge is 2.30. The molecule has 6 nitrogen and oxygen atoms in total. The van der Waals surface area contributed by atoms with E-state index in [9.17, 15) is 9.59 Å². The number of piperidine rings is 1. The normalized spacial score (nSPS) is 16.0. The maximum Gasteiger partial charge on any atom is 0.309 e. The van der Waals surface area contributed by atoms with E-state index in [-0.39, 0.29) is 23.0 Å². The first-order valence-corrected chi connectivity index (χ1v) is 11.1.